The average Bonchev–Trinajstić information content (AvgIpc) is 3.11. The van der Waals surface area contributed by atoms with Gasteiger partial charge in [0.15, 0.2) is 12.6 Å². The van der Waals surface area contributed by atoms with Crippen LogP contribution in [-0.2, 0) is 15.9 Å². The maximum atomic E-state index is 6.47. The van der Waals surface area contributed by atoms with Crippen LogP contribution in [0.1, 0.15) is 49.1 Å². The van der Waals surface area contributed by atoms with Crippen LogP contribution in [0.15, 0.2) is 18.2 Å². The van der Waals surface area contributed by atoms with E-state index in [0.29, 0.717) is 6.04 Å². The van der Waals surface area contributed by atoms with E-state index in [0.717, 1.165) is 45.8 Å². The van der Waals surface area contributed by atoms with Crippen LogP contribution in [0.25, 0.3) is 0 Å². The van der Waals surface area contributed by atoms with E-state index >= 15 is 0 Å². The minimum atomic E-state index is -0.0321. The smallest absolute Gasteiger partial charge is 0.181 e. The van der Waals surface area contributed by atoms with Gasteiger partial charge in [-0.2, -0.15) is 0 Å². The van der Waals surface area contributed by atoms with Crippen LogP contribution in [0, 0.1) is 6.92 Å². The van der Waals surface area contributed by atoms with Crippen LogP contribution in [-0.4, -0.2) is 73.6 Å². The number of likely N-dealkylation sites (tertiary alicyclic amines) is 1. The highest BCUT2D eigenvalue weighted by atomic mass is 16.6. The Labute approximate surface area is 169 Å². The summed E-state index contributed by atoms with van der Waals surface area (Å²) < 4.78 is 12.0. The number of morpholine rings is 1. The maximum absolute atomic E-state index is 6.47. The molecule has 3 saturated heterocycles. The van der Waals surface area contributed by atoms with Gasteiger partial charge in [0.1, 0.15) is 0 Å². The van der Waals surface area contributed by atoms with Crippen molar-refractivity contribution in [3.8, 4) is 0 Å². The van der Waals surface area contributed by atoms with Gasteiger partial charge in [-0.3, -0.25) is 9.80 Å². The molecular weight excluding hydrogens is 352 g/mol. The fourth-order valence-electron chi connectivity index (χ4n) is 4.82. The molecule has 0 spiro atoms. The van der Waals surface area contributed by atoms with Crippen molar-refractivity contribution >= 4 is 0 Å². The van der Waals surface area contributed by atoms with Gasteiger partial charge in [-0.05, 0) is 42.9 Å². The van der Waals surface area contributed by atoms with Gasteiger partial charge in [-0.1, -0.05) is 31.5 Å². The Balaban J connectivity index is 1.34. The number of hydrogen-bond acceptors (Lipinski definition) is 6. The minimum absolute atomic E-state index is 0.0300. The van der Waals surface area contributed by atoms with Crippen molar-refractivity contribution in [2.24, 2.45) is 0 Å². The molecular formula is C22H36N4O2. The Hall–Kier alpha value is -1.02. The third-order valence-electron chi connectivity index (χ3n) is 6.46. The largest absolute Gasteiger partial charge is 0.379 e. The number of hydrazine groups is 1. The lowest BCUT2D eigenvalue weighted by atomic mass is 10.0. The Morgan fingerprint density at radius 2 is 1.82 bits per heavy atom. The lowest BCUT2D eigenvalue weighted by molar-refractivity contribution is -0.0871. The van der Waals surface area contributed by atoms with E-state index in [2.05, 4.69) is 59.3 Å². The van der Waals surface area contributed by atoms with Crippen molar-refractivity contribution in [3.63, 3.8) is 0 Å². The van der Waals surface area contributed by atoms with Gasteiger partial charge in [0.25, 0.3) is 0 Å². The summed E-state index contributed by atoms with van der Waals surface area (Å²) >= 11 is 0. The highest BCUT2D eigenvalue weighted by molar-refractivity contribution is 5.33. The fourth-order valence-corrected chi connectivity index (χ4v) is 4.82. The summed E-state index contributed by atoms with van der Waals surface area (Å²) in [5.74, 6) is 0. The van der Waals surface area contributed by atoms with Gasteiger partial charge in [0.2, 0.25) is 0 Å². The summed E-state index contributed by atoms with van der Waals surface area (Å²) in [6, 6.07) is 7.51. The van der Waals surface area contributed by atoms with Crippen LogP contribution in [0.3, 0.4) is 0 Å². The molecule has 0 radical (unpaired) electrons. The first-order valence-corrected chi connectivity index (χ1v) is 11.0. The van der Waals surface area contributed by atoms with Crippen LogP contribution < -0.4 is 5.43 Å². The molecule has 2 atom stereocenters. The molecule has 6 nitrogen and oxygen atoms in total. The predicted octanol–water partition coefficient (Wildman–Crippen LogP) is 2.49. The third kappa shape index (κ3) is 4.42. The van der Waals surface area contributed by atoms with Crippen LogP contribution in [0.5, 0.6) is 0 Å². The Morgan fingerprint density at radius 1 is 1.07 bits per heavy atom. The second kappa shape index (κ2) is 9.20. The van der Waals surface area contributed by atoms with E-state index in [-0.39, 0.29) is 12.6 Å². The molecule has 0 saturated carbocycles. The molecule has 4 rings (SSSR count). The quantitative estimate of drug-likeness (QED) is 0.836. The normalized spacial score (nSPS) is 28.8. The maximum Gasteiger partial charge on any atom is 0.181 e. The molecule has 2 unspecified atom stereocenters. The van der Waals surface area contributed by atoms with Crippen molar-refractivity contribution < 1.29 is 9.47 Å². The third-order valence-corrected chi connectivity index (χ3v) is 6.46. The SMILES string of the molecule is CCCc1ccc(C2OC(N3CCC(N4CCOCC4)CC3)NN2C)c(C)c1. The molecule has 0 amide bonds. The molecule has 1 N–H and O–H groups in total. The van der Waals surface area contributed by atoms with E-state index in [4.69, 9.17) is 9.47 Å². The summed E-state index contributed by atoms with van der Waals surface area (Å²) in [4.78, 5) is 5.06. The first kappa shape index (κ1) is 20.3. The van der Waals surface area contributed by atoms with Crippen LogP contribution in [0.4, 0.5) is 0 Å². The first-order valence-electron chi connectivity index (χ1n) is 11.0. The van der Waals surface area contributed by atoms with Crippen molar-refractivity contribution in [3.05, 3.63) is 34.9 Å². The lowest BCUT2D eigenvalue weighted by Crippen LogP contribution is -2.53. The van der Waals surface area contributed by atoms with Gasteiger partial charge < -0.3 is 9.47 Å². The molecule has 3 aliphatic rings. The summed E-state index contributed by atoms with van der Waals surface area (Å²) in [6.07, 6.45) is 4.68. The molecule has 156 valence electrons. The van der Waals surface area contributed by atoms with Crippen LogP contribution in [0.2, 0.25) is 0 Å². The molecule has 1 aromatic rings. The second-order valence-corrected chi connectivity index (χ2v) is 8.44. The molecule has 3 fully saturated rings. The Morgan fingerprint density at radius 3 is 2.50 bits per heavy atom. The van der Waals surface area contributed by atoms with Gasteiger partial charge in [0.05, 0.1) is 13.2 Å². The summed E-state index contributed by atoms with van der Waals surface area (Å²) in [5.41, 5.74) is 7.53. The number of ether oxygens (including phenoxy) is 2. The topological polar surface area (TPSA) is 40.2 Å². The zero-order valence-electron chi connectivity index (χ0n) is 17.7. The number of nitrogens with one attached hydrogen (secondary N) is 1. The summed E-state index contributed by atoms with van der Waals surface area (Å²) in [7, 11) is 2.09. The molecule has 1 aromatic carbocycles. The molecule has 0 aromatic heterocycles. The summed E-state index contributed by atoms with van der Waals surface area (Å²) in [5, 5.41) is 2.13. The first-order chi connectivity index (χ1) is 13.7. The number of nitrogens with zero attached hydrogens (tertiary/aromatic N) is 3. The van der Waals surface area contributed by atoms with Crippen molar-refractivity contribution in [2.45, 2.75) is 58.2 Å². The number of hydrogen-bond donors (Lipinski definition) is 1. The van der Waals surface area contributed by atoms with Crippen molar-refractivity contribution in [2.75, 3.05) is 46.4 Å². The fraction of sp³-hybridized carbons (Fsp3) is 0.727. The van der Waals surface area contributed by atoms with Crippen molar-refractivity contribution in [1.29, 1.82) is 0 Å². The van der Waals surface area contributed by atoms with Gasteiger partial charge in [-0.15, -0.1) is 0 Å². The predicted molar refractivity (Wildman–Crippen MR) is 111 cm³/mol. The summed E-state index contributed by atoms with van der Waals surface area (Å²) in [6.45, 7) is 10.5. The standard InChI is InChI=1S/C22H36N4O2/c1-4-5-18-6-7-20(17(2)16-18)21-24(3)23-22(28-21)26-10-8-19(9-11-26)25-12-14-27-15-13-25/h6-7,16,19,21-23H,4-5,8-15H2,1-3H3. The molecule has 3 heterocycles. The lowest BCUT2D eigenvalue weighted by Gasteiger charge is -2.41. The zero-order valence-corrected chi connectivity index (χ0v) is 17.7. The highest BCUT2D eigenvalue weighted by Crippen LogP contribution is 2.31. The minimum Gasteiger partial charge on any atom is -0.379 e. The van der Waals surface area contributed by atoms with Crippen molar-refractivity contribution in [1.82, 2.24) is 20.2 Å². The van der Waals surface area contributed by atoms with E-state index in [1.54, 1.807) is 0 Å². The Bertz CT molecular complexity index is 641. The number of aryl methyl sites for hydroxylation is 2. The van der Waals surface area contributed by atoms with Gasteiger partial charge in [0, 0.05) is 39.3 Å². The van der Waals surface area contributed by atoms with Gasteiger partial charge >= 0.3 is 0 Å². The Kier molecular flexibility index (Phi) is 6.66. The van der Waals surface area contributed by atoms with E-state index in [9.17, 15) is 0 Å². The average molecular weight is 389 g/mol. The van der Waals surface area contributed by atoms with E-state index in [1.807, 2.05) is 0 Å². The second-order valence-electron chi connectivity index (χ2n) is 8.44. The molecule has 0 aliphatic carbocycles. The molecule has 6 heteroatoms. The monoisotopic (exact) mass is 388 g/mol. The highest BCUT2D eigenvalue weighted by Gasteiger charge is 2.37. The number of rotatable bonds is 5. The van der Waals surface area contributed by atoms with E-state index < -0.39 is 0 Å². The number of benzene rings is 1. The van der Waals surface area contributed by atoms with Crippen LogP contribution >= 0.6 is 0 Å². The molecule has 28 heavy (non-hydrogen) atoms. The zero-order chi connectivity index (χ0) is 19.5. The molecule has 3 aliphatic heterocycles. The van der Waals surface area contributed by atoms with E-state index in [1.165, 1.54) is 36.0 Å². The van der Waals surface area contributed by atoms with Gasteiger partial charge in [-0.25, -0.2) is 10.4 Å². The number of piperidine rings is 1. The molecule has 0 bridgehead atoms.